The Morgan fingerprint density at radius 1 is 1.35 bits per heavy atom. The molecule has 0 aromatic heterocycles. The molecule has 5 nitrogen and oxygen atoms in total. The third-order valence-corrected chi connectivity index (χ3v) is 2.32. The Labute approximate surface area is 103 Å². The molecule has 0 saturated carbocycles. The second-order valence-corrected chi connectivity index (χ2v) is 5.28. The van der Waals surface area contributed by atoms with Crippen LogP contribution >= 0.6 is 0 Å². The largest absolute Gasteiger partial charge is 0.458 e. The smallest absolute Gasteiger partial charge is 0.332 e. The molecule has 1 heterocycles. The summed E-state index contributed by atoms with van der Waals surface area (Å²) in [5.74, 6) is 0.212. The quantitative estimate of drug-likeness (QED) is 0.428. The van der Waals surface area contributed by atoms with Crippen molar-refractivity contribution in [3.05, 3.63) is 0 Å². The third kappa shape index (κ3) is 7.31. The Hall–Kier alpha value is -0.650. The predicted molar refractivity (Wildman–Crippen MR) is 63.6 cm³/mol. The minimum atomic E-state index is -0.461. The topological polar surface area (TPSA) is 56.8 Å². The lowest BCUT2D eigenvalue weighted by Crippen LogP contribution is -2.27. The Kier molecular flexibility index (Phi) is 5.88. The van der Waals surface area contributed by atoms with Gasteiger partial charge in [0.15, 0.2) is 0 Å². The molecule has 0 radical (unpaired) electrons. The van der Waals surface area contributed by atoms with Crippen LogP contribution in [-0.2, 0) is 19.0 Å². The molecule has 1 N–H and O–H groups in total. The molecule has 0 bridgehead atoms. The van der Waals surface area contributed by atoms with Crippen LogP contribution in [0.3, 0.4) is 0 Å². The summed E-state index contributed by atoms with van der Waals surface area (Å²) in [7, 11) is 0. The second-order valence-electron chi connectivity index (χ2n) is 5.28. The molecule has 17 heavy (non-hydrogen) atoms. The third-order valence-electron chi connectivity index (χ3n) is 2.32. The zero-order valence-electron chi connectivity index (χ0n) is 11.0. The molecular formula is C12H23NO4. The van der Waals surface area contributed by atoms with Gasteiger partial charge in [-0.05, 0) is 39.7 Å². The van der Waals surface area contributed by atoms with Gasteiger partial charge in [-0.15, -0.1) is 0 Å². The number of carbonyl (C=O) groups is 1. The van der Waals surface area contributed by atoms with Gasteiger partial charge in [0.05, 0.1) is 6.61 Å². The fourth-order valence-corrected chi connectivity index (χ4v) is 1.63. The number of esters is 1. The number of rotatable bonds is 6. The Balaban J connectivity index is 1.94. The lowest BCUT2D eigenvalue weighted by molar-refractivity contribution is -0.165. The van der Waals surface area contributed by atoms with Gasteiger partial charge in [-0.1, -0.05) is 0 Å². The zero-order valence-corrected chi connectivity index (χ0v) is 11.0. The van der Waals surface area contributed by atoms with Crippen molar-refractivity contribution in [3.8, 4) is 0 Å². The highest BCUT2D eigenvalue weighted by Gasteiger charge is 2.16. The van der Waals surface area contributed by atoms with Crippen LogP contribution in [0.2, 0.25) is 0 Å². The highest BCUT2D eigenvalue weighted by Crippen LogP contribution is 2.08. The number of carbonyl (C=O) groups excluding carboxylic acids is 1. The summed E-state index contributed by atoms with van der Waals surface area (Å²) in [6, 6.07) is 0. The molecule has 0 unspecified atom stereocenters. The van der Waals surface area contributed by atoms with Gasteiger partial charge in [0.25, 0.3) is 0 Å². The van der Waals surface area contributed by atoms with Crippen LogP contribution in [-0.4, -0.2) is 44.7 Å². The number of hydrogen-bond donors (Lipinski definition) is 1. The average Bonchev–Trinajstić information content (AvgIpc) is 2.67. The van der Waals surface area contributed by atoms with Gasteiger partial charge in [0.1, 0.15) is 19.0 Å². The molecule has 100 valence electrons. The standard InChI is InChI=1S/C12H23NO4/c1-12(2,3)17-11(14)8-16-9-15-7-10-4-5-13-6-10/h10,13H,4-9H2,1-3H3/t10-/m0/s1. The van der Waals surface area contributed by atoms with Crippen molar-refractivity contribution in [2.75, 3.05) is 33.1 Å². The summed E-state index contributed by atoms with van der Waals surface area (Å²) in [6.45, 7) is 8.33. The number of nitrogens with one attached hydrogen (secondary N) is 1. The average molecular weight is 245 g/mol. The maximum Gasteiger partial charge on any atom is 0.332 e. The fourth-order valence-electron chi connectivity index (χ4n) is 1.63. The number of ether oxygens (including phenoxy) is 3. The molecule has 1 atom stereocenters. The molecular weight excluding hydrogens is 222 g/mol. The first-order valence-corrected chi connectivity index (χ1v) is 6.05. The minimum Gasteiger partial charge on any atom is -0.458 e. The minimum absolute atomic E-state index is 0.0554. The molecule has 1 aliphatic heterocycles. The van der Waals surface area contributed by atoms with E-state index >= 15 is 0 Å². The van der Waals surface area contributed by atoms with E-state index in [0.29, 0.717) is 12.5 Å². The molecule has 1 fully saturated rings. The summed E-state index contributed by atoms with van der Waals surface area (Å²) in [6.07, 6.45) is 1.14. The summed E-state index contributed by atoms with van der Waals surface area (Å²) in [4.78, 5) is 11.3. The summed E-state index contributed by atoms with van der Waals surface area (Å²) >= 11 is 0. The van der Waals surface area contributed by atoms with Crippen LogP contribution in [0.25, 0.3) is 0 Å². The summed E-state index contributed by atoms with van der Waals surface area (Å²) in [5.41, 5.74) is -0.461. The van der Waals surface area contributed by atoms with E-state index in [-0.39, 0.29) is 19.4 Å². The molecule has 0 amide bonds. The second kappa shape index (κ2) is 6.93. The molecule has 0 aromatic carbocycles. The van der Waals surface area contributed by atoms with Crippen LogP contribution in [0.15, 0.2) is 0 Å². The molecule has 1 saturated heterocycles. The van der Waals surface area contributed by atoms with E-state index in [9.17, 15) is 4.79 Å². The Bertz CT molecular complexity index is 231. The maximum absolute atomic E-state index is 11.3. The van der Waals surface area contributed by atoms with Crippen LogP contribution in [0, 0.1) is 5.92 Å². The van der Waals surface area contributed by atoms with Crippen molar-refractivity contribution in [1.29, 1.82) is 0 Å². The van der Waals surface area contributed by atoms with Crippen molar-refractivity contribution in [1.82, 2.24) is 5.32 Å². The van der Waals surface area contributed by atoms with Gasteiger partial charge in [-0.3, -0.25) is 0 Å². The summed E-state index contributed by atoms with van der Waals surface area (Å²) in [5, 5.41) is 3.26. The molecule has 0 aliphatic carbocycles. The van der Waals surface area contributed by atoms with Crippen LogP contribution < -0.4 is 5.32 Å². The van der Waals surface area contributed by atoms with Crippen molar-refractivity contribution in [2.45, 2.75) is 32.8 Å². The monoisotopic (exact) mass is 245 g/mol. The SMILES string of the molecule is CC(C)(C)OC(=O)COCOC[C@H]1CCNC1. The lowest BCUT2D eigenvalue weighted by atomic mass is 10.1. The Morgan fingerprint density at radius 2 is 2.12 bits per heavy atom. The van der Waals surface area contributed by atoms with Gasteiger partial charge in [-0.25, -0.2) is 4.79 Å². The van der Waals surface area contributed by atoms with Crippen LogP contribution in [0.4, 0.5) is 0 Å². The highest BCUT2D eigenvalue weighted by atomic mass is 16.7. The first-order valence-electron chi connectivity index (χ1n) is 6.05. The van der Waals surface area contributed by atoms with E-state index < -0.39 is 5.60 Å². The van der Waals surface area contributed by atoms with Gasteiger partial charge in [-0.2, -0.15) is 0 Å². The van der Waals surface area contributed by atoms with E-state index in [1.54, 1.807) is 0 Å². The van der Waals surface area contributed by atoms with Gasteiger partial charge >= 0.3 is 5.97 Å². The van der Waals surface area contributed by atoms with Crippen molar-refractivity contribution in [2.24, 2.45) is 5.92 Å². The molecule has 1 rings (SSSR count). The van der Waals surface area contributed by atoms with Crippen LogP contribution in [0.1, 0.15) is 27.2 Å². The fraction of sp³-hybridized carbons (Fsp3) is 0.917. The van der Waals surface area contributed by atoms with Crippen molar-refractivity contribution in [3.63, 3.8) is 0 Å². The predicted octanol–water partition coefficient (Wildman–Crippen LogP) is 0.928. The summed E-state index contributed by atoms with van der Waals surface area (Å²) < 4.78 is 15.5. The van der Waals surface area contributed by atoms with E-state index in [4.69, 9.17) is 14.2 Å². The molecule has 0 spiro atoms. The first kappa shape index (κ1) is 14.4. The zero-order chi connectivity index (χ0) is 12.7. The van der Waals surface area contributed by atoms with Gasteiger partial charge in [0, 0.05) is 6.54 Å². The van der Waals surface area contributed by atoms with Gasteiger partial charge < -0.3 is 19.5 Å². The molecule has 5 heteroatoms. The van der Waals surface area contributed by atoms with E-state index in [1.807, 2.05) is 20.8 Å². The number of hydrogen-bond acceptors (Lipinski definition) is 5. The van der Waals surface area contributed by atoms with Crippen LogP contribution in [0.5, 0.6) is 0 Å². The molecule has 0 aromatic rings. The lowest BCUT2D eigenvalue weighted by Gasteiger charge is -2.19. The Morgan fingerprint density at radius 3 is 2.71 bits per heavy atom. The molecule has 1 aliphatic rings. The van der Waals surface area contributed by atoms with E-state index in [2.05, 4.69) is 5.32 Å². The van der Waals surface area contributed by atoms with E-state index in [1.165, 1.54) is 0 Å². The highest BCUT2D eigenvalue weighted by molar-refractivity contribution is 5.71. The van der Waals surface area contributed by atoms with Crippen molar-refractivity contribution >= 4 is 5.97 Å². The normalized spacial score (nSPS) is 20.5. The van der Waals surface area contributed by atoms with Gasteiger partial charge in [0.2, 0.25) is 0 Å². The maximum atomic E-state index is 11.3. The van der Waals surface area contributed by atoms with E-state index in [0.717, 1.165) is 19.5 Å². The van der Waals surface area contributed by atoms with Crippen molar-refractivity contribution < 1.29 is 19.0 Å². The first-order chi connectivity index (χ1) is 7.97.